The fourth-order valence-corrected chi connectivity index (χ4v) is 7.63. The third-order valence-electron chi connectivity index (χ3n) is 12.1. The average Bonchev–Trinajstić information content (AvgIpc) is 3.08. The van der Waals surface area contributed by atoms with Gasteiger partial charge < -0.3 is 0 Å². The first-order chi connectivity index (χ1) is 26.1. The summed E-state index contributed by atoms with van der Waals surface area (Å²) in [5.41, 5.74) is 19.9. The van der Waals surface area contributed by atoms with Crippen LogP contribution in [0.15, 0.2) is 91.0 Å². The van der Waals surface area contributed by atoms with E-state index in [1.54, 1.807) is 0 Å². The molecule has 0 spiro atoms. The molecule has 0 aromatic heterocycles. The lowest BCUT2D eigenvalue weighted by molar-refractivity contribution is 0.568. The molecule has 0 nitrogen and oxygen atoms in total. The Morgan fingerprint density at radius 2 is 0.414 bits per heavy atom. The Hall–Kier alpha value is -3.90. The minimum absolute atomic E-state index is 0.00155. The number of rotatable bonds is 4. The Morgan fingerprint density at radius 3 is 0.655 bits per heavy atom. The largest absolute Gasteiger partial charge is 0.0561 e. The van der Waals surface area contributed by atoms with Crippen LogP contribution in [0.5, 0.6) is 0 Å². The number of benzene rings is 5. The summed E-state index contributed by atoms with van der Waals surface area (Å²) >= 11 is 0. The van der Waals surface area contributed by atoms with E-state index >= 15 is 0 Å². The van der Waals surface area contributed by atoms with E-state index in [0.717, 1.165) is 0 Å². The maximum absolute atomic E-state index is 2.52. The molecule has 310 valence electrons. The molecule has 0 bridgehead atoms. The van der Waals surface area contributed by atoms with Gasteiger partial charge in [-0.05, 0) is 133 Å². The van der Waals surface area contributed by atoms with Crippen LogP contribution in [0.2, 0.25) is 0 Å². The number of hydrogen-bond donors (Lipinski definition) is 0. The monoisotopic (exact) mass is 775 g/mol. The molecule has 5 aromatic rings. The summed E-state index contributed by atoms with van der Waals surface area (Å²) in [5, 5.41) is 0. The zero-order valence-electron chi connectivity index (χ0n) is 40.7. The summed E-state index contributed by atoms with van der Waals surface area (Å²) in [6.07, 6.45) is 0. The van der Waals surface area contributed by atoms with Gasteiger partial charge in [0, 0.05) is 0 Å². The molecule has 0 saturated heterocycles. The van der Waals surface area contributed by atoms with Crippen LogP contribution in [-0.2, 0) is 37.9 Å². The molecule has 0 heteroatoms. The quantitative estimate of drug-likeness (QED) is 0.171. The van der Waals surface area contributed by atoms with Crippen molar-refractivity contribution in [3.63, 3.8) is 0 Å². The summed E-state index contributed by atoms with van der Waals surface area (Å²) in [6.45, 7) is 49.2. The van der Waals surface area contributed by atoms with Crippen molar-refractivity contribution < 1.29 is 0 Å². The second-order valence-corrected chi connectivity index (χ2v) is 24.7. The van der Waals surface area contributed by atoms with Crippen molar-refractivity contribution >= 4 is 0 Å². The topological polar surface area (TPSA) is 0 Å². The smallest absolute Gasteiger partial charge is 0.00266 e. The van der Waals surface area contributed by atoms with Crippen LogP contribution >= 0.6 is 0 Å². The Kier molecular flexibility index (Phi) is 11.7. The minimum atomic E-state index is -0.0578. The van der Waals surface area contributed by atoms with Gasteiger partial charge in [-0.3, -0.25) is 0 Å². The lowest BCUT2D eigenvalue weighted by Crippen LogP contribution is -2.17. The van der Waals surface area contributed by atoms with E-state index in [1.807, 2.05) is 0 Å². The highest BCUT2D eigenvalue weighted by Crippen LogP contribution is 2.47. The predicted octanol–water partition coefficient (Wildman–Crippen LogP) is 17.4. The molecule has 0 radical (unpaired) electrons. The maximum atomic E-state index is 2.52. The molecule has 0 heterocycles. The Labute approximate surface area is 356 Å². The molecule has 0 aliphatic rings. The maximum Gasteiger partial charge on any atom is -0.00266 e. The lowest BCUT2D eigenvalue weighted by atomic mass is 9.74. The summed E-state index contributed by atoms with van der Waals surface area (Å²) in [4.78, 5) is 0. The van der Waals surface area contributed by atoms with E-state index in [2.05, 4.69) is 236 Å². The Balaban J connectivity index is 1.95. The zero-order valence-corrected chi connectivity index (χ0v) is 40.7. The molecule has 58 heavy (non-hydrogen) atoms. The average molecular weight is 775 g/mol. The Bertz CT molecular complexity index is 2080. The van der Waals surface area contributed by atoms with E-state index in [1.165, 1.54) is 83.5 Å². The minimum Gasteiger partial charge on any atom is -0.0561 e. The van der Waals surface area contributed by atoms with Crippen LogP contribution in [0.1, 0.15) is 184 Å². The highest BCUT2D eigenvalue weighted by Gasteiger charge is 2.28. The normalized spacial score (nSPS) is 13.6. The van der Waals surface area contributed by atoms with Crippen LogP contribution < -0.4 is 0 Å². The van der Waals surface area contributed by atoms with Crippen molar-refractivity contribution in [2.24, 2.45) is 0 Å². The summed E-state index contributed by atoms with van der Waals surface area (Å²) in [7, 11) is 0. The predicted molar refractivity (Wildman–Crippen MR) is 259 cm³/mol. The highest BCUT2D eigenvalue weighted by molar-refractivity contribution is 5.96. The first kappa shape index (κ1) is 45.2. The van der Waals surface area contributed by atoms with Gasteiger partial charge in [-0.15, -0.1) is 0 Å². The van der Waals surface area contributed by atoms with Gasteiger partial charge in [0.15, 0.2) is 0 Å². The van der Waals surface area contributed by atoms with Crippen LogP contribution in [0.4, 0.5) is 0 Å². The van der Waals surface area contributed by atoms with E-state index in [0.29, 0.717) is 0 Å². The standard InChI is InChI=1S/C58H78/c1-52(2,3)42-26-39(27-43(32-42)53(4,5)6)37-22-24-38(25-23-37)51-49(40-28-44(54(7,8)9)33-45(29-40)55(10,11)12)35-48(58(19,20)21)36-50(51)41-30-46(56(13,14)15)34-47(31-41)57(16,17)18/h22-36H,1-21H3. The van der Waals surface area contributed by atoms with E-state index in [4.69, 9.17) is 0 Å². The molecule has 5 rings (SSSR count). The van der Waals surface area contributed by atoms with Crippen LogP contribution in [-0.4, -0.2) is 0 Å². The molecule has 0 saturated carbocycles. The SMILES string of the molecule is CC(C)(C)c1cc(-c2ccc(-c3c(-c4cc(C(C)(C)C)cc(C(C)(C)C)c4)cc(C(C)(C)C)cc3-c3cc(C(C)(C)C)cc(C(C)(C)C)c3)cc2)cc(C(C)(C)C)c1. The molecule has 0 aliphatic heterocycles. The molecule has 0 unspecified atom stereocenters. The third kappa shape index (κ3) is 10.1. The van der Waals surface area contributed by atoms with Crippen molar-refractivity contribution in [1.82, 2.24) is 0 Å². The van der Waals surface area contributed by atoms with Gasteiger partial charge in [-0.25, -0.2) is 0 Å². The van der Waals surface area contributed by atoms with Crippen molar-refractivity contribution in [2.75, 3.05) is 0 Å². The highest BCUT2D eigenvalue weighted by atomic mass is 14.3. The molecule has 0 N–H and O–H groups in total. The lowest BCUT2D eigenvalue weighted by Gasteiger charge is -2.30. The molecule has 0 atom stereocenters. The van der Waals surface area contributed by atoms with Crippen molar-refractivity contribution in [2.45, 2.75) is 183 Å². The summed E-state index contributed by atoms with van der Waals surface area (Å²) < 4.78 is 0. The van der Waals surface area contributed by atoms with Crippen LogP contribution in [0.3, 0.4) is 0 Å². The summed E-state index contributed by atoms with van der Waals surface area (Å²) in [5.74, 6) is 0. The fraction of sp³-hybridized carbons (Fsp3) is 0.483. The fourth-order valence-electron chi connectivity index (χ4n) is 7.63. The molecular formula is C58H78. The summed E-state index contributed by atoms with van der Waals surface area (Å²) in [6, 6.07) is 36.6. The second kappa shape index (κ2) is 15.0. The first-order valence-corrected chi connectivity index (χ1v) is 21.9. The molecule has 0 aliphatic carbocycles. The van der Waals surface area contributed by atoms with Crippen molar-refractivity contribution in [3.05, 3.63) is 130 Å². The second-order valence-electron chi connectivity index (χ2n) is 24.7. The van der Waals surface area contributed by atoms with Gasteiger partial charge in [-0.1, -0.05) is 224 Å². The van der Waals surface area contributed by atoms with Crippen LogP contribution in [0, 0.1) is 0 Å². The zero-order chi connectivity index (χ0) is 43.8. The Morgan fingerprint density at radius 1 is 0.207 bits per heavy atom. The third-order valence-corrected chi connectivity index (χ3v) is 12.1. The molecule has 0 fully saturated rings. The molecule has 0 amide bonds. The van der Waals surface area contributed by atoms with Crippen molar-refractivity contribution in [3.8, 4) is 44.5 Å². The van der Waals surface area contributed by atoms with Gasteiger partial charge in [0.25, 0.3) is 0 Å². The van der Waals surface area contributed by atoms with Crippen molar-refractivity contribution in [1.29, 1.82) is 0 Å². The van der Waals surface area contributed by atoms with Gasteiger partial charge in [0.1, 0.15) is 0 Å². The van der Waals surface area contributed by atoms with Crippen LogP contribution in [0.25, 0.3) is 44.5 Å². The number of hydrogen-bond acceptors (Lipinski definition) is 0. The van der Waals surface area contributed by atoms with E-state index in [-0.39, 0.29) is 37.9 Å². The van der Waals surface area contributed by atoms with E-state index < -0.39 is 0 Å². The molecular weight excluding hydrogens is 697 g/mol. The van der Waals surface area contributed by atoms with Gasteiger partial charge in [0.2, 0.25) is 0 Å². The molecule has 5 aromatic carbocycles. The van der Waals surface area contributed by atoms with Gasteiger partial charge in [-0.2, -0.15) is 0 Å². The van der Waals surface area contributed by atoms with Gasteiger partial charge >= 0.3 is 0 Å². The van der Waals surface area contributed by atoms with E-state index in [9.17, 15) is 0 Å². The van der Waals surface area contributed by atoms with Gasteiger partial charge in [0.05, 0.1) is 0 Å². The first-order valence-electron chi connectivity index (χ1n) is 21.9.